The highest BCUT2D eigenvalue weighted by Crippen LogP contribution is 2.26. The molecule has 2 aromatic rings. The maximum atomic E-state index is 4.87. The lowest BCUT2D eigenvalue weighted by Crippen LogP contribution is -2.12. The Morgan fingerprint density at radius 1 is 1.30 bits per heavy atom. The maximum absolute atomic E-state index is 4.87. The van der Waals surface area contributed by atoms with E-state index in [0.717, 1.165) is 19.5 Å². The van der Waals surface area contributed by atoms with Gasteiger partial charge in [0.25, 0.3) is 0 Å². The van der Waals surface area contributed by atoms with E-state index in [2.05, 4.69) is 57.3 Å². The zero-order valence-corrected chi connectivity index (χ0v) is 13.7. The van der Waals surface area contributed by atoms with Crippen molar-refractivity contribution in [1.82, 2.24) is 10.3 Å². The molecule has 0 saturated carbocycles. The van der Waals surface area contributed by atoms with Gasteiger partial charge in [0.1, 0.15) is 0 Å². The van der Waals surface area contributed by atoms with Crippen molar-refractivity contribution in [3.8, 4) is 0 Å². The molecular formula is C17H24N2S. The summed E-state index contributed by atoms with van der Waals surface area (Å²) in [6.45, 7) is 10.7. The Kier molecular flexibility index (Phi) is 5.32. The minimum absolute atomic E-state index is 0.492. The largest absolute Gasteiger partial charge is 0.312 e. The second kappa shape index (κ2) is 7.00. The molecule has 1 aromatic heterocycles. The Labute approximate surface area is 126 Å². The minimum Gasteiger partial charge on any atom is -0.312 e. The van der Waals surface area contributed by atoms with E-state index in [9.17, 15) is 0 Å². The number of aryl methyl sites for hydroxylation is 1. The standard InChI is InChI=1S/C17H24N2S/c1-5-18-11-15-17(12(2)3)19-16(20-15)10-14-8-6-7-13(4)9-14/h6-9,12,18H,5,10-11H2,1-4H3. The smallest absolute Gasteiger partial charge is 0.0975 e. The van der Waals surface area contributed by atoms with Crippen LogP contribution in [0.25, 0.3) is 0 Å². The average Bonchev–Trinajstić information content (AvgIpc) is 2.79. The Bertz CT molecular complexity index is 558. The van der Waals surface area contributed by atoms with E-state index < -0.39 is 0 Å². The van der Waals surface area contributed by atoms with E-state index in [1.807, 2.05) is 11.3 Å². The number of hydrogen-bond acceptors (Lipinski definition) is 3. The Morgan fingerprint density at radius 2 is 2.10 bits per heavy atom. The molecule has 0 bridgehead atoms. The SMILES string of the molecule is CCNCc1sc(Cc2cccc(C)c2)nc1C(C)C. The predicted octanol–water partition coefficient (Wildman–Crippen LogP) is 4.28. The lowest BCUT2D eigenvalue weighted by molar-refractivity contribution is 0.713. The van der Waals surface area contributed by atoms with E-state index in [1.165, 1.54) is 26.7 Å². The van der Waals surface area contributed by atoms with Gasteiger partial charge in [-0.25, -0.2) is 4.98 Å². The molecule has 3 heteroatoms. The molecule has 0 aliphatic rings. The number of benzene rings is 1. The number of thiazole rings is 1. The molecule has 0 saturated heterocycles. The Morgan fingerprint density at radius 3 is 2.75 bits per heavy atom. The van der Waals surface area contributed by atoms with Gasteiger partial charge in [-0.3, -0.25) is 0 Å². The summed E-state index contributed by atoms with van der Waals surface area (Å²) in [5, 5.41) is 4.65. The van der Waals surface area contributed by atoms with Gasteiger partial charge in [0.05, 0.1) is 10.7 Å². The average molecular weight is 288 g/mol. The molecule has 0 aliphatic heterocycles. The van der Waals surface area contributed by atoms with E-state index in [4.69, 9.17) is 4.98 Å². The molecule has 1 N–H and O–H groups in total. The van der Waals surface area contributed by atoms with Crippen LogP contribution in [0.1, 0.15) is 53.4 Å². The number of aromatic nitrogens is 1. The summed E-state index contributed by atoms with van der Waals surface area (Å²) >= 11 is 1.85. The molecule has 0 atom stereocenters. The van der Waals surface area contributed by atoms with Crippen LogP contribution in [-0.4, -0.2) is 11.5 Å². The van der Waals surface area contributed by atoms with Gasteiger partial charge in [-0.1, -0.05) is 50.6 Å². The van der Waals surface area contributed by atoms with Gasteiger partial charge in [0, 0.05) is 17.8 Å². The fourth-order valence-electron chi connectivity index (χ4n) is 2.30. The number of hydrogen-bond donors (Lipinski definition) is 1. The lowest BCUT2D eigenvalue weighted by Gasteiger charge is -2.04. The van der Waals surface area contributed by atoms with Crippen molar-refractivity contribution >= 4 is 11.3 Å². The third-order valence-corrected chi connectivity index (χ3v) is 4.36. The summed E-state index contributed by atoms with van der Waals surface area (Å²) in [5.41, 5.74) is 3.93. The van der Waals surface area contributed by atoms with Gasteiger partial charge >= 0.3 is 0 Å². The summed E-state index contributed by atoms with van der Waals surface area (Å²) in [7, 11) is 0. The van der Waals surface area contributed by atoms with Crippen LogP contribution < -0.4 is 5.32 Å². The van der Waals surface area contributed by atoms with Crippen LogP contribution in [0.4, 0.5) is 0 Å². The van der Waals surface area contributed by atoms with E-state index in [-0.39, 0.29) is 0 Å². The molecule has 0 unspecified atom stereocenters. The van der Waals surface area contributed by atoms with Crippen LogP contribution in [0.3, 0.4) is 0 Å². The fraction of sp³-hybridized carbons (Fsp3) is 0.471. The van der Waals surface area contributed by atoms with Gasteiger partial charge in [0.2, 0.25) is 0 Å². The van der Waals surface area contributed by atoms with Crippen LogP contribution in [0.15, 0.2) is 24.3 Å². The van der Waals surface area contributed by atoms with E-state index in [1.54, 1.807) is 0 Å². The first-order chi connectivity index (χ1) is 9.60. The molecule has 0 radical (unpaired) electrons. The molecule has 1 heterocycles. The second-order valence-electron chi connectivity index (χ2n) is 5.52. The summed E-state index contributed by atoms with van der Waals surface area (Å²) < 4.78 is 0. The first-order valence-electron chi connectivity index (χ1n) is 7.35. The second-order valence-corrected chi connectivity index (χ2v) is 6.69. The summed E-state index contributed by atoms with van der Waals surface area (Å²) in [5.74, 6) is 0.492. The molecule has 0 amide bonds. The van der Waals surface area contributed by atoms with E-state index in [0.29, 0.717) is 5.92 Å². The molecule has 20 heavy (non-hydrogen) atoms. The van der Waals surface area contributed by atoms with Crippen molar-refractivity contribution in [1.29, 1.82) is 0 Å². The topological polar surface area (TPSA) is 24.9 Å². The maximum Gasteiger partial charge on any atom is 0.0975 e. The van der Waals surface area contributed by atoms with Crippen LogP contribution in [0.5, 0.6) is 0 Å². The summed E-state index contributed by atoms with van der Waals surface area (Å²) in [6.07, 6.45) is 0.943. The third-order valence-electron chi connectivity index (χ3n) is 3.29. The fourth-order valence-corrected chi connectivity index (χ4v) is 3.53. The van der Waals surface area contributed by atoms with Crippen molar-refractivity contribution < 1.29 is 0 Å². The molecule has 2 rings (SSSR count). The summed E-state index contributed by atoms with van der Waals surface area (Å²) in [6, 6.07) is 8.70. The molecule has 2 nitrogen and oxygen atoms in total. The minimum atomic E-state index is 0.492. The zero-order chi connectivity index (χ0) is 14.5. The highest BCUT2D eigenvalue weighted by molar-refractivity contribution is 7.11. The predicted molar refractivity (Wildman–Crippen MR) is 87.6 cm³/mol. The Hall–Kier alpha value is -1.19. The van der Waals surface area contributed by atoms with Crippen molar-refractivity contribution in [3.63, 3.8) is 0 Å². The van der Waals surface area contributed by atoms with E-state index >= 15 is 0 Å². The van der Waals surface area contributed by atoms with Crippen molar-refractivity contribution in [2.75, 3.05) is 6.54 Å². The number of nitrogens with zero attached hydrogens (tertiary/aromatic N) is 1. The first-order valence-corrected chi connectivity index (χ1v) is 8.16. The van der Waals surface area contributed by atoms with Crippen molar-refractivity contribution in [2.24, 2.45) is 0 Å². The summed E-state index contributed by atoms with van der Waals surface area (Å²) in [4.78, 5) is 6.26. The van der Waals surface area contributed by atoms with Crippen molar-refractivity contribution in [2.45, 2.75) is 46.6 Å². The molecule has 0 fully saturated rings. The zero-order valence-electron chi connectivity index (χ0n) is 12.9. The highest BCUT2D eigenvalue weighted by Gasteiger charge is 2.14. The van der Waals surface area contributed by atoms with Gasteiger partial charge < -0.3 is 5.32 Å². The van der Waals surface area contributed by atoms with Gasteiger partial charge in [-0.15, -0.1) is 11.3 Å². The van der Waals surface area contributed by atoms with Gasteiger partial charge in [-0.2, -0.15) is 0 Å². The molecule has 108 valence electrons. The first kappa shape index (κ1) is 15.2. The molecule has 1 aromatic carbocycles. The van der Waals surface area contributed by atoms with Crippen molar-refractivity contribution in [3.05, 3.63) is 51.0 Å². The quantitative estimate of drug-likeness (QED) is 0.858. The number of rotatable bonds is 6. The van der Waals surface area contributed by atoms with Crippen LogP contribution in [0.2, 0.25) is 0 Å². The molecule has 0 aliphatic carbocycles. The lowest BCUT2D eigenvalue weighted by atomic mass is 10.1. The van der Waals surface area contributed by atoms with Crippen LogP contribution in [-0.2, 0) is 13.0 Å². The van der Waals surface area contributed by atoms with Crippen LogP contribution in [0, 0.1) is 6.92 Å². The third kappa shape index (κ3) is 3.90. The highest BCUT2D eigenvalue weighted by atomic mass is 32.1. The van der Waals surface area contributed by atoms with Gasteiger partial charge in [-0.05, 0) is 24.9 Å². The van der Waals surface area contributed by atoms with Crippen LogP contribution >= 0.6 is 11.3 Å². The number of nitrogens with one attached hydrogen (secondary N) is 1. The monoisotopic (exact) mass is 288 g/mol. The Balaban J connectivity index is 2.19. The van der Waals surface area contributed by atoms with Gasteiger partial charge in [0.15, 0.2) is 0 Å². The normalized spacial score (nSPS) is 11.2. The molecular weight excluding hydrogens is 264 g/mol. The molecule has 0 spiro atoms.